The lowest BCUT2D eigenvalue weighted by Crippen LogP contribution is -2.50. The fraction of sp³-hybridized carbons (Fsp3) is 1.00. The highest BCUT2D eigenvalue weighted by Crippen LogP contribution is 2.43. The molecule has 0 radical (unpaired) electrons. The van der Waals surface area contributed by atoms with E-state index in [2.05, 4.69) is 13.8 Å². The van der Waals surface area contributed by atoms with E-state index in [0.29, 0.717) is 17.4 Å². The van der Waals surface area contributed by atoms with Gasteiger partial charge in [0.25, 0.3) is 0 Å². The number of nitrogens with two attached hydrogens (primary N) is 1. The molecule has 2 unspecified atom stereocenters. The normalized spacial score (nSPS) is 34.7. The van der Waals surface area contributed by atoms with Crippen molar-refractivity contribution in [3.8, 4) is 0 Å². The van der Waals surface area contributed by atoms with Gasteiger partial charge in [-0.3, -0.25) is 0 Å². The molecule has 1 aliphatic carbocycles. The van der Waals surface area contributed by atoms with Crippen molar-refractivity contribution in [2.24, 2.45) is 23.0 Å². The lowest BCUT2D eigenvalue weighted by atomic mass is 9.67. The Bertz CT molecular complexity index is 334. The van der Waals surface area contributed by atoms with Crippen LogP contribution in [0.1, 0.15) is 65.2 Å². The quantitative estimate of drug-likeness (QED) is 0.848. The van der Waals surface area contributed by atoms with E-state index in [1.165, 1.54) is 25.7 Å². The Hall–Kier alpha value is -0.120. The zero-order valence-electron chi connectivity index (χ0n) is 13.9. The van der Waals surface area contributed by atoms with Crippen LogP contribution in [0.3, 0.4) is 0 Å². The van der Waals surface area contributed by atoms with E-state index < -0.39 is 0 Å². The van der Waals surface area contributed by atoms with Crippen molar-refractivity contribution in [2.45, 2.75) is 76.9 Å². The highest BCUT2D eigenvalue weighted by atomic mass is 16.5. The summed E-state index contributed by atoms with van der Waals surface area (Å²) in [6, 6.07) is 0.379. The molecule has 2 aliphatic heterocycles. The molecule has 3 nitrogen and oxygen atoms in total. The Morgan fingerprint density at radius 3 is 2.24 bits per heavy atom. The third kappa shape index (κ3) is 3.62. The second kappa shape index (κ2) is 6.17. The number of hydrogen-bond donors (Lipinski definition) is 1. The lowest BCUT2D eigenvalue weighted by molar-refractivity contribution is -0.151. The zero-order valence-corrected chi connectivity index (χ0v) is 13.9. The molecule has 3 aliphatic rings. The Morgan fingerprint density at radius 2 is 1.57 bits per heavy atom. The largest absolute Gasteiger partial charge is 0.381 e. The summed E-state index contributed by atoms with van der Waals surface area (Å²) >= 11 is 0. The third-order valence-electron chi connectivity index (χ3n) is 6.41. The molecule has 122 valence electrons. The molecule has 21 heavy (non-hydrogen) atoms. The van der Waals surface area contributed by atoms with Crippen molar-refractivity contribution in [3.05, 3.63) is 0 Å². The first-order chi connectivity index (χ1) is 10.00. The van der Waals surface area contributed by atoms with Crippen LogP contribution >= 0.6 is 0 Å². The van der Waals surface area contributed by atoms with Crippen LogP contribution < -0.4 is 5.73 Å². The third-order valence-corrected chi connectivity index (χ3v) is 6.41. The van der Waals surface area contributed by atoms with Gasteiger partial charge in [-0.05, 0) is 68.6 Å². The van der Waals surface area contributed by atoms with Gasteiger partial charge in [0.15, 0.2) is 0 Å². The SMILES string of the molecule is CC1(C)CCC(C(N)C2CCOC3(CCOCC3)C2)CC1. The van der Waals surface area contributed by atoms with Crippen molar-refractivity contribution in [3.63, 3.8) is 0 Å². The van der Waals surface area contributed by atoms with Gasteiger partial charge in [-0.25, -0.2) is 0 Å². The summed E-state index contributed by atoms with van der Waals surface area (Å²) in [7, 11) is 0. The summed E-state index contributed by atoms with van der Waals surface area (Å²) in [5.74, 6) is 1.39. The Morgan fingerprint density at radius 1 is 0.905 bits per heavy atom. The van der Waals surface area contributed by atoms with Gasteiger partial charge in [0.05, 0.1) is 5.60 Å². The molecule has 1 saturated carbocycles. The standard InChI is InChI=1S/C18H33NO2/c1-17(2)6-3-14(4-7-17)16(19)15-5-10-21-18(13-15)8-11-20-12-9-18/h14-16H,3-13,19H2,1-2H3. The van der Waals surface area contributed by atoms with Crippen molar-refractivity contribution in [1.82, 2.24) is 0 Å². The molecule has 3 fully saturated rings. The van der Waals surface area contributed by atoms with Gasteiger partial charge < -0.3 is 15.2 Å². The molecule has 0 aromatic heterocycles. The summed E-state index contributed by atoms with van der Waals surface area (Å²) in [6.45, 7) is 7.43. The summed E-state index contributed by atoms with van der Waals surface area (Å²) in [5, 5.41) is 0. The van der Waals surface area contributed by atoms with Gasteiger partial charge in [0, 0.05) is 25.9 Å². The van der Waals surface area contributed by atoms with Crippen LogP contribution in [0.2, 0.25) is 0 Å². The van der Waals surface area contributed by atoms with Gasteiger partial charge in [-0.15, -0.1) is 0 Å². The predicted molar refractivity (Wildman–Crippen MR) is 85.2 cm³/mol. The van der Waals surface area contributed by atoms with E-state index in [-0.39, 0.29) is 5.60 Å². The lowest BCUT2D eigenvalue weighted by Gasteiger charge is -2.47. The van der Waals surface area contributed by atoms with Crippen molar-refractivity contribution < 1.29 is 9.47 Å². The van der Waals surface area contributed by atoms with Crippen molar-refractivity contribution >= 4 is 0 Å². The van der Waals surface area contributed by atoms with Crippen LogP contribution in [0.4, 0.5) is 0 Å². The second-order valence-corrected chi connectivity index (χ2v) is 8.48. The minimum atomic E-state index is 0.0900. The maximum atomic E-state index is 6.71. The maximum Gasteiger partial charge on any atom is 0.0729 e. The van der Waals surface area contributed by atoms with Gasteiger partial charge in [0.1, 0.15) is 0 Å². The first-order valence-electron chi connectivity index (χ1n) is 8.97. The van der Waals surface area contributed by atoms with Crippen LogP contribution in [0.25, 0.3) is 0 Å². The van der Waals surface area contributed by atoms with Gasteiger partial charge in [0.2, 0.25) is 0 Å². The monoisotopic (exact) mass is 295 g/mol. The maximum absolute atomic E-state index is 6.71. The molecule has 2 N–H and O–H groups in total. The highest BCUT2D eigenvalue weighted by molar-refractivity contribution is 4.95. The average Bonchev–Trinajstić information content (AvgIpc) is 2.47. The molecule has 0 amide bonds. The summed E-state index contributed by atoms with van der Waals surface area (Å²) in [4.78, 5) is 0. The average molecular weight is 295 g/mol. The fourth-order valence-corrected chi connectivity index (χ4v) is 4.68. The molecule has 0 aromatic carbocycles. The molecule has 0 bridgehead atoms. The van der Waals surface area contributed by atoms with Crippen LogP contribution in [0.5, 0.6) is 0 Å². The number of rotatable bonds is 2. The Labute approximate surface area is 129 Å². The molecular weight excluding hydrogens is 262 g/mol. The molecule has 2 saturated heterocycles. The first kappa shape index (κ1) is 15.8. The van der Waals surface area contributed by atoms with E-state index in [1.807, 2.05) is 0 Å². The van der Waals surface area contributed by atoms with Gasteiger partial charge >= 0.3 is 0 Å². The molecule has 0 aromatic rings. The second-order valence-electron chi connectivity index (χ2n) is 8.48. The molecule has 3 heteroatoms. The van der Waals surface area contributed by atoms with E-state index in [4.69, 9.17) is 15.2 Å². The van der Waals surface area contributed by atoms with E-state index in [1.54, 1.807) is 0 Å². The molecule has 1 spiro atoms. The van der Waals surface area contributed by atoms with Gasteiger partial charge in [-0.1, -0.05) is 13.8 Å². The van der Waals surface area contributed by atoms with E-state index >= 15 is 0 Å². The van der Waals surface area contributed by atoms with Crippen LogP contribution in [0.15, 0.2) is 0 Å². The Kier molecular flexibility index (Phi) is 4.63. The van der Waals surface area contributed by atoms with Gasteiger partial charge in [-0.2, -0.15) is 0 Å². The topological polar surface area (TPSA) is 44.5 Å². The zero-order chi connectivity index (χ0) is 14.9. The van der Waals surface area contributed by atoms with Crippen LogP contribution in [-0.4, -0.2) is 31.5 Å². The smallest absolute Gasteiger partial charge is 0.0729 e. The highest BCUT2D eigenvalue weighted by Gasteiger charge is 2.42. The Balaban J connectivity index is 1.58. The first-order valence-corrected chi connectivity index (χ1v) is 8.97. The van der Waals surface area contributed by atoms with Crippen molar-refractivity contribution in [1.29, 1.82) is 0 Å². The summed E-state index contributed by atoms with van der Waals surface area (Å²) < 4.78 is 11.7. The van der Waals surface area contributed by atoms with E-state index in [0.717, 1.165) is 51.4 Å². The minimum Gasteiger partial charge on any atom is -0.381 e. The summed E-state index contributed by atoms with van der Waals surface area (Å²) in [5.41, 5.74) is 7.34. The van der Waals surface area contributed by atoms with Crippen molar-refractivity contribution in [2.75, 3.05) is 19.8 Å². The minimum absolute atomic E-state index is 0.0900. The van der Waals surface area contributed by atoms with Crippen LogP contribution in [0, 0.1) is 17.3 Å². The van der Waals surface area contributed by atoms with E-state index in [9.17, 15) is 0 Å². The number of hydrogen-bond acceptors (Lipinski definition) is 3. The molecule has 2 atom stereocenters. The van der Waals surface area contributed by atoms with Crippen LogP contribution in [-0.2, 0) is 9.47 Å². The summed E-state index contributed by atoms with van der Waals surface area (Å²) in [6.07, 6.45) is 9.77. The fourth-order valence-electron chi connectivity index (χ4n) is 4.68. The molecule has 2 heterocycles. The number of ether oxygens (including phenoxy) is 2. The molecular formula is C18H33NO2. The predicted octanol–water partition coefficient (Wildman–Crippen LogP) is 3.51. The molecule has 3 rings (SSSR count).